The first-order chi connectivity index (χ1) is 12.1. The largest absolute Gasteiger partial charge is 0.368 e. The summed E-state index contributed by atoms with van der Waals surface area (Å²) in [4.78, 5) is 13.2. The lowest BCUT2D eigenvalue weighted by molar-refractivity contribution is -0.346. The van der Waals surface area contributed by atoms with Crippen molar-refractivity contribution in [3.63, 3.8) is 0 Å². The fourth-order valence-corrected chi connectivity index (χ4v) is 2.33. The number of carbonyl (C=O) groups is 1. The molecule has 1 heterocycles. The van der Waals surface area contributed by atoms with Crippen LogP contribution in [-0.2, 0) is 14.2 Å². The summed E-state index contributed by atoms with van der Waals surface area (Å²) in [5, 5.41) is 0. The summed E-state index contributed by atoms with van der Waals surface area (Å²) in [5.74, 6) is -2.17. The van der Waals surface area contributed by atoms with Gasteiger partial charge in [-0.15, -0.1) is 0 Å². The molecule has 0 radical (unpaired) electrons. The Kier molecular flexibility index (Phi) is 10.8. The number of unbranched alkanes of at least 4 members (excludes halogenated alkanes) is 3. The van der Waals surface area contributed by atoms with E-state index in [-0.39, 0.29) is 0 Å². The van der Waals surface area contributed by atoms with Crippen molar-refractivity contribution in [2.45, 2.75) is 65.3 Å². The smallest absolute Gasteiger partial charge is 0.320 e. The van der Waals surface area contributed by atoms with Gasteiger partial charge in [0.05, 0.1) is 19.8 Å². The van der Waals surface area contributed by atoms with E-state index in [1.165, 1.54) is 4.57 Å². The van der Waals surface area contributed by atoms with Gasteiger partial charge < -0.3 is 14.2 Å². The molecule has 25 heavy (non-hydrogen) atoms. The molecule has 6 heteroatoms. The van der Waals surface area contributed by atoms with Gasteiger partial charge >= 0.3 is 11.9 Å². The Labute approximate surface area is 156 Å². The van der Waals surface area contributed by atoms with E-state index in [0.29, 0.717) is 24.5 Å². The van der Waals surface area contributed by atoms with Crippen molar-refractivity contribution in [2.24, 2.45) is 0 Å². The summed E-state index contributed by atoms with van der Waals surface area (Å²) in [6, 6.07) is 5.24. The van der Waals surface area contributed by atoms with Crippen molar-refractivity contribution in [1.29, 1.82) is 0 Å². The first-order valence-electron chi connectivity index (χ1n) is 9.25. The number of rotatable bonds is 13. The number of nitrogens with zero attached hydrogens (tertiary/aromatic N) is 1. The van der Waals surface area contributed by atoms with Gasteiger partial charge in [-0.05, 0) is 31.4 Å². The minimum Gasteiger partial charge on any atom is -0.320 e. The molecule has 1 aromatic heterocycles. The molecule has 142 valence electrons. The van der Waals surface area contributed by atoms with Crippen LogP contribution < -0.4 is 0 Å². The molecule has 0 unspecified atom stereocenters. The molecule has 0 N–H and O–H groups in total. The first-order valence-corrected chi connectivity index (χ1v) is 9.66. The zero-order valence-electron chi connectivity index (χ0n) is 15.7. The van der Waals surface area contributed by atoms with E-state index in [0.717, 1.165) is 38.5 Å². The second kappa shape index (κ2) is 12.3. The molecule has 0 aliphatic carbocycles. The Bertz CT molecular complexity index is 532. The molecule has 0 saturated heterocycles. The minimum absolute atomic E-state index is 0.390. The van der Waals surface area contributed by atoms with E-state index >= 15 is 0 Å². The van der Waals surface area contributed by atoms with Crippen molar-refractivity contribution in [2.75, 3.05) is 19.8 Å². The lowest BCUT2D eigenvalue weighted by Crippen LogP contribution is -2.50. The van der Waals surface area contributed by atoms with Crippen molar-refractivity contribution < 1.29 is 19.0 Å². The van der Waals surface area contributed by atoms with Crippen LogP contribution in [-0.4, -0.2) is 36.3 Å². The van der Waals surface area contributed by atoms with E-state index in [4.69, 9.17) is 26.4 Å². The van der Waals surface area contributed by atoms with Gasteiger partial charge in [-0.2, -0.15) is 0 Å². The van der Waals surface area contributed by atoms with Crippen LogP contribution in [0.2, 0.25) is 0 Å². The van der Waals surface area contributed by atoms with Crippen LogP contribution in [0.5, 0.6) is 0 Å². The van der Waals surface area contributed by atoms with Crippen LogP contribution in [0.15, 0.2) is 24.4 Å². The highest BCUT2D eigenvalue weighted by molar-refractivity contribution is 7.71. The molecule has 0 fully saturated rings. The lowest BCUT2D eigenvalue weighted by atomic mass is 10.3. The Morgan fingerprint density at radius 3 is 1.84 bits per heavy atom. The molecule has 5 nitrogen and oxygen atoms in total. The molecule has 0 spiro atoms. The maximum absolute atomic E-state index is 13.2. The number of hydrogen-bond acceptors (Lipinski definition) is 5. The molecule has 0 aliphatic heterocycles. The van der Waals surface area contributed by atoms with E-state index in [1.54, 1.807) is 24.4 Å². The molecule has 0 amide bonds. The second-order valence-electron chi connectivity index (χ2n) is 5.88. The molecule has 0 saturated carbocycles. The fourth-order valence-electron chi connectivity index (χ4n) is 2.11. The molecule has 0 atom stereocenters. The summed E-state index contributed by atoms with van der Waals surface area (Å²) in [7, 11) is 0. The number of ether oxygens (including phenoxy) is 3. The standard InChI is InChI=1S/C19H31NO4S/c1-4-7-14-22-19(23-15-8-5-2,24-16-9-6-3)18(21)20-13-11-10-12-17(20)25/h10-13H,4-9,14-16H2,1-3H3. The fraction of sp³-hybridized carbons (Fsp3) is 0.684. The van der Waals surface area contributed by atoms with Crippen molar-refractivity contribution in [3.8, 4) is 0 Å². The van der Waals surface area contributed by atoms with Gasteiger partial charge in [0.25, 0.3) is 0 Å². The SMILES string of the molecule is CCCCOC(OCCCC)(OCCCC)C(=O)n1ccccc1=S. The highest BCUT2D eigenvalue weighted by Gasteiger charge is 2.44. The third-order valence-electron chi connectivity index (χ3n) is 3.67. The average Bonchev–Trinajstić information content (AvgIpc) is 2.62. The van der Waals surface area contributed by atoms with Gasteiger partial charge in [-0.3, -0.25) is 9.36 Å². The molecule has 1 rings (SSSR count). The number of carbonyl (C=O) groups excluding carboxylic acids is 1. The molecule has 0 aromatic carbocycles. The third-order valence-corrected chi connectivity index (χ3v) is 4.01. The van der Waals surface area contributed by atoms with E-state index in [9.17, 15) is 4.79 Å². The normalized spacial score (nSPS) is 11.6. The summed E-state index contributed by atoms with van der Waals surface area (Å²) in [6.07, 6.45) is 6.96. The highest BCUT2D eigenvalue weighted by atomic mass is 32.1. The molecule has 0 aliphatic rings. The Hall–Kier alpha value is -1.08. The zero-order chi connectivity index (χ0) is 18.5. The van der Waals surface area contributed by atoms with Crippen LogP contribution in [0.1, 0.15) is 64.1 Å². The predicted octanol–water partition coefficient (Wildman–Crippen LogP) is 4.96. The number of hydrogen-bond donors (Lipinski definition) is 0. The van der Waals surface area contributed by atoms with Crippen LogP contribution in [0.25, 0.3) is 0 Å². The van der Waals surface area contributed by atoms with Crippen LogP contribution in [0, 0.1) is 4.64 Å². The summed E-state index contributed by atoms with van der Waals surface area (Å²) < 4.78 is 19.4. The lowest BCUT2D eigenvalue weighted by Gasteiger charge is -2.32. The van der Waals surface area contributed by atoms with E-state index in [1.807, 2.05) is 0 Å². The van der Waals surface area contributed by atoms with E-state index < -0.39 is 11.9 Å². The van der Waals surface area contributed by atoms with E-state index in [2.05, 4.69) is 20.8 Å². The average molecular weight is 370 g/mol. The molecule has 0 bridgehead atoms. The maximum Gasteiger partial charge on any atom is 0.368 e. The zero-order valence-corrected chi connectivity index (χ0v) is 16.5. The van der Waals surface area contributed by atoms with Gasteiger partial charge in [0.15, 0.2) is 0 Å². The van der Waals surface area contributed by atoms with Crippen molar-refractivity contribution in [1.82, 2.24) is 4.57 Å². The van der Waals surface area contributed by atoms with Gasteiger partial charge in [0.2, 0.25) is 0 Å². The van der Waals surface area contributed by atoms with Crippen LogP contribution >= 0.6 is 12.2 Å². The van der Waals surface area contributed by atoms with Crippen molar-refractivity contribution >= 4 is 18.1 Å². The second-order valence-corrected chi connectivity index (χ2v) is 6.29. The van der Waals surface area contributed by atoms with Crippen LogP contribution in [0.4, 0.5) is 0 Å². The minimum atomic E-state index is -1.74. The monoisotopic (exact) mass is 369 g/mol. The molecule has 1 aromatic rings. The number of aromatic nitrogens is 1. The topological polar surface area (TPSA) is 49.7 Å². The highest BCUT2D eigenvalue weighted by Crippen LogP contribution is 2.21. The van der Waals surface area contributed by atoms with Crippen molar-refractivity contribution in [3.05, 3.63) is 29.0 Å². The number of pyridine rings is 1. The van der Waals surface area contributed by atoms with Gasteiger partial charge in [-0.1, -0.05) is 58.3 Å². The summed E-state index contributed by atoms with van der Waals surface area (Å²) in [6.45, 7) is 7.37. The third kappa shape index (κ3) is 6.98. The first kappa shape index (κ1) is 22.0. The molecular weight excluding hydrogens is 338 g/mol. The van der Waals surface area contributed by atoms with Gasteiger partial charge in [-0.25, -0.2) is 0 Å². The maximum atomic E-state index is 13.2. The Morgan fingerprint density at radius 1 is 0.960 bits per heavy atom. The summed E-state index contributed by atoms with van der Waals surface area (Å²) in [5.41, 5.74) is 0. The molecular formula is C19H31NO4S. The van der Waals surface area contributed by atoms with Gasteiger partial charge in [0.1, 0.15) is 4.64 Å². The Morgan fingerprint density at radius 2 is 1.44 bits per heavy atom. The van der Waals surface area contributed by atoms with Gasteiger partial charge in [0, 0.05) is 6.20 Å². The Balaban J connectivity index is 3.11. The predicted molar refractivity (Wildman–Crippen MR) is 101 cm³/mol. The quantitative estimate of drug-likeness (QED) is 0.279. The summed E-state index contributed by atoms with van der Waals surface area (Å²) >= 11 is 5.28. The van der Waals surface area contributed by atoms with Crippen LogP contribution in [0.3, 0.4) is 0 Å².